The van der Waals surface area contributed by atoms with Crippen molar-refractivity contribution in [3.63, 3.8) is 0 Å². The van der Waals surface area contributed by atoms with E-state index in [0.717, 1.165) is 63.4 Å². The second-order valence-electron chi connectivity index (χ2n) is 8.72. The first-order valence-corrected chi connectivity index (χ1v) is 11.9. The van der Waals surface area contributed by atoms with Gasteiger partial charge in [-0.05, 0) is 43.4 Å². The van der Waals surface area contributed by atoms with Crippen LogP contribution in [0.3, 0.4) is 0 Å². The number of piperidine rings is 2. The molecule has 33 heavy (non-hydrogen) atoms. The Balaban J connectivity index is 1.20. The van der Waals surface area contributed by atoms with Gasteiger partial charge in [-0.1, -0.05) is 23.7 Å². The van der Waals surface area contributed by atoms with Crippen LogP contribution < -0.4 is 9.64 Å². The second kappa shape index (κ2) is 11.0. The van der Waals surface area contributed by atoms with Crippen LogP contribution in [0.1, 0.15) is 31.2 Å². The standard InChI is InChI=1S/C24H32ClN5O3/c1-28(20-7-14-30(15-8-20)23-26-11-6-22(27-23)32-2)24(31)33-21-9-12-29(13-10-21)17-18-4-3-5-19(25)16-18/h3-6,11,16,20-21H,7-10,12-15,17H2,1-2H3. The van der Waals surface area contributed by atoms with Crippen LogP contribution >= 0.6 is 11.6 Å². The monoisotopic (exact) mass is 473 g/mol. The van der Waals surface area contributed by atoms with Crippen LogP contribution in [0.4, 0.5) is 10.7 Å². The molecule has 2 aliphatic rings. The molecule has 0 bridgehead atoms. The number of nitrogens with zero attached hydrogens (tertiary/aromatic N) is 5. The number of ether oxygens (including phenoxy) is 2. The van der Waals surface area contributed by atoms with E-state index in [2.05, 4.69) is 25.8 Å². The minimum absolute atomic E-state index is 0.0270. The summed E-state index contributed by atoms with van der Waals surface area (Å²) < 4.78 is 11.0. The maximum atomic E-state index is 12.8. The first-order chi connectivity index (χ1) is 16.0. The van der Waals surface area contributed by atoms with Crippen molar-refractivity contribution in [2.45, 2.75) is 44.4 Å². The van der Waals surface area contributed by atoms with E-state index in [1.807, 2.05) is 25.2 Å². The van der Waals surface area contributed by atoms with Gasteiger partial charge in [0.25, 0.3) is 0 Å². The van der Waals surface area contributed by atoms with Crippen molar-refractivity contribution in [3.05, 3.63) is 47.1 Å². The fourth-order valence-electron chi connectivity index (χ4n) is 4.51. The smallest absolute Gasteiger partial charge is 0.410 e. The zero-order chi connectivity index (χ0) is 23.2. The van der Waals surface area contributed by atoms with Crippen LogP contribution in [0.25, 0.3) is 0 Å². The van der Waals surface area contributed by atoms with Gasteiger partial charge in [0.05, 0.1) is 7.11 Å². The van der Waals surface area contributed by atoms with Gasteiger partial charge in [-0.2, -0.15) is 4.98 Å². The zero-order valence-electron chi connectivity index (χ0n) is 19.3. The summed E-state index contributed by atoms with van der Waals surface area (Å²) in [5, 5.41) is 0.765. The van der Waals surface area contributed by atoms with Crippen molar-refractivity contribution in [2.75, 3.05) is 45.2 Å². The summed E-state index contributed by atoms with van der Waals surface area (Å²) in [6.45, 7) is 4.27. The Morgan fingerprint density at radius 3 is 2.61 bits per heavy atom. The van der Waals surface area contributed by atoms with Crippen molar-refractivity contribution in [3.8, 4) is 5.88 Å². The van der Waals surface area contributed by atoms with Crippen molar-refractivity contribution < 1.29 is 14.3 Å². The SMILES string of the molecule is COc1ccnc(N2CCC(N(C)C(=O)OC3CCN(Cc4cccc(Cl)c4)CC3)CC2)n1. The van der Waals surface area contributed by atoms with Gasteiger partial charge in [0, 0.05) is 63.1 Å². The Hall–Kier alpha value is -2.58. The highest BCUT2D eigenvalue weighted by molar-refractivity contribution is 6.30. The summed E-state index contributed by atoms with van der Waals surface area (Å²) in [5.41, 5.74) is 1.21. The molecule has 178 valence electrons. The largest absolute Gasteiger partial charge is 0.481 e. The number of benzene rings is 1. The Morgan fingerprint density at radius 1 is 1.15 bits per heavy atom. The van der Waals surface area contributed by atoms with Gasteiger partial charge >= 0.3 is 6.09 Å². The maximum absolute atomic E-state index is 12.8. The van der Waals surface area contributed by atoms with Crippen LogP contribution in [-0.2, 0) is 11.3 Å². The lowest BCUT2D eigenvalue weighted by molar-refractivity contribution is 0.0227. The van der Waals surface area contributed by atoms with E-state index in [0.29, 0.717) is 11.8 Å². The molecule has 0 radical (unpaired) electrons. The molecule has 1 amide bonds. The highest BCUT2D eigenvalue weighted by Gasteiger charge is 2.30. The predicted molar refractivity (Wildman–Crippen MR) is 128 cm³/mol. The molecule has 0 unspecified atom stereocenters. The fraction of sp³-hybridized carbons (Fsp3) is 0.542. The summed E-state index contributed by atoms with van der Waals surface area (Å²) in [4.78, 5) is 27.8. The van der Waals surface area contributed by atoms with Crippen LogP contribution in [0, 0.1) is 0 Å². The van der Waals surface area contributed by atoms with E-state index in [9.17, 15) is 4.79 Å². The third-order valence-electron chi connectivity index (χ3n) is 6.51. The lowest BCUT2D eigenvalue weighted by atomic mass is 10.0. The molecule has 3 heterocycles. The van der Waals surface area contributed by atoms with Crippen LogP contribution in [0.5, 0.6) is 5.88 Å². The Labute approximate surface area is 200 Å². The summed E-state index contributed by atoms with van der Waals surface area (Å²) in [7, 11) is 3.45. The molecule has 2 fully saturated rings. The molecular weight excluding hydrogens is 442 g/mol. The molecule has 0 atom stereocenters. The number of carbonyl (C=O) groups excluding carboxylic acids is 1. The summed E-state index contributed by atoms with van der Waals surface area (Å²) >= 11 is 6.09. The van der Waals surface area contributed by atoms with E-state index < -0.39 is 0 Å². The van der Waals surface area contributed by atoms with Gasteiger partial charge in [-0.3, -0.25) is 4.90 Å². The molecule has 8 nitrogen and oxygen atoms in total. The van der Waals surface area contributed by atoms with Gasteiger partial charge < -0.3 is 19.3 Å². The second-order valence-corrected chi connectivity index (χ2v) is 9.15. The van der Waals surface area contributed by atoms with Crippen molar-refractivity contribution in [1.29, 1.82) is 0 Å². The number of aromatic nitrogens is 2. The fourth-order valence-corrected chi connectivity index (χ4v) is 4.72. The van der Waals surface area contributed by atoms with Gasteiger partial charge in [-0.25, -0.2) is 9.78 Å². The van der Waals surface area contributed by atoms with E-state index in [1.54, 1.807) is 24.3 Å². The number of amides is 1. The number of hydrogen-bond donors (Lipinski definition) is 0. The Bertz CT molecular complexity index is 930. The highest BCUT2D eigenvalue weighted by atomic mass is 35.5. The lowest BCUT2D eigenvalue weighted by Gasteiger charge is -2.37. The van der Waals surface area contributed by atoms with Crippen molar-refractivity contribution in [1.82, 2.24) is 19.8 Å². The molecule has 0 aliphatic carbocycles. The topological polar surface area (TPSA) is 71.0 Å². The molecule has 1 aromatic carbocycles. The van der Waals surface area contributed by atoms with Crippen molar-refractivity contribution >= 4 is 23.6 Å². The van der Waals surface area contributed by atoms with Crippen LogP contribution in [0.15, 0.2) is 36.5 Å². The predicted octanol–water partition coefficient (Wildman–Crippen LogP) is 3.84. The zero-order valence-corrected chi connectivity index (χ0v) is 20.1. The molecule has 2 saturated heterocycles. The van der Waals surface area contributed by atoms with Gasteiger partial charge in [0.1, 0.15) is 6.10 Å². The molecule has 0 spiro atoms. The van der Waals surface area contributed by atoms with Gasteiger partial charge in [0.15, 0.2) is 0 Å². The minimum atomic E-state index is -0.223. The van der Waals surface area contributed by atoms with Gasteiger partial charge in [0.2, 0.25) is 11.8 Å². The normalized spacial score (nSPS) is 18.2. The number of methoxy groups -OCH3 is 1. The molecule has 9 heteroatoms. The number of carbonyl (C=O) groups is 1. The highest BCUT2D eigenvalue weighted by Crippen LogP contribution is 2.23. The maximum Gasteiger partial charge on any atom is 0.410 e. The lowest BCUT2D eigenvalue weighted by Crippen LogP contribution is -2.47. The van der Waals surface area contributed by atoms with E-state index in [1.165, 1.54) is 5.56 Å². The Kier molecular flexibility index (Phi) is 7.88. The first kappa shape index (κ1) is 23.6. The quantitative estimate of drug-likeness (QED) is 0.631. The summed E-state index contributed by atoms with van der Waals surface area (Å²) in [6.07, 6.45) is 4.86. The average molecular weight is 474 g/mol. The third-order valence-corrected chi connectivity index (χ3v) is 6.74. The summed E-state index contributed by atoms with van der Waals surface area (Å²) in [5.74, 6) is 1.23. The molecule has 0 N–H and O–H groups in total. The number of rotatable bonds is 6. The van der Waals surface area contributed by atoms with E-state index in [4.69, 9.17) is 21.1 Å². The average Bonchev–Trinajstić information content (AvgIpc) is 2.85. The minimum Gasteiger partial charge on any atom is -0.481 e. The molecule has 4 rings (SSSR count). The van der Waals surface area contributed by atoms with Crippen LogP contribution in [0.2, 0.25) is 5.02 Å². The van der Waals surface area contributed by atoms with Crippen LogP contribution in [-0.4, -0.2) is 78.3 Å². The third kappa shape index (κ3) is 6.26. The molecule has 2 aromatic rings. The number of anilines is 1. The number of hydrogen-bond acceptors (Lipinski definition) is 7. The molecule has 0 saturated carbocycles. The van der Waals surface area contributed by atoms with Crippen molar-refractivity contribution in [2.24, 2.45) is 0 Å². The molecule has 1 aromatic heterocycles. The van der Waals surface area contributed by atoms with E-state index in [-0.39, 0.29) is 18.2 Å². The Morgan fingerprint density at radius 2 is 1.91 bits per heavy atom. The van der Waals surface area contributed by atoms with Gasteiger partial charge in [-0.15, -0.1) is 0 Å². The number of halogens is 1. The van der Waals surface area contributed by atoms with E-state index >= 15 is 0 Å². The first-order valence-electron chi connectivity index (χ1n) is 11.5. The number of likely N-dealkylation sites (tertiary alicyclic amines) is 1. The summed E-state index contributed by atoms with van der Waals surface area (Å²) in [6, 6.07) is 9.87. The molecular formula is C24H32ClN5O3. The molecule has 2 aliphatic heterocycles.